The molecule has 3 N–H and O–H groups in total. The summed E-state index contributed by atoms with van der Waals surface area (Å²) in [5.74, 6) is -0.581. The molecule has 1 saturated heterocycles. The van der Waals surface area contributed by atoms with Crippen LogP contribution in [0.5, 0.6) is 0 Å². The van der Waals surface area contributed by atoms with Crippen molar-refractivity contribution in [1.82, 2.24) is 5.32 Å². The smallest absolute Gasteiger partial charge is 0.328 e. The molecule has 0 aromatic heterocycles. The fraction of sp³-hybridized carbons (Fsp3) is 0.850. The van der Waals surface area contributed by atoms with Crippen LogP contribution in [0.2, 0.25) is 0 Å². The van der Waals surface area contributed by atoms with Gasteiger partial charge < -0.3 is 20.6 Å². The van der Waals surface area contributed by atoms with Gasteiger partial charge in [0.2, 0.25) is 5.91 Å². The molecular weight excluding hydrogens is 332 g/mol. The lowest BCUT2D eigenvalue weighted by molar-refractivity contribution is -0.143. The van der Waals surface area contributed by atoms with Crippen LogP contribution in [-0.2, 0) is 19.1 Å². The van der Waals surface area contributed by atoms with Gasteiger partial charge in [-0.05, 0) is 33.1 Å². The van der Waals surface area contributed by atoms with Gasteiger partial charge in [0.15, 0.2) is 0 Å². The molecule has 0 aromatic rings. The fourth-order valence-electron chi connectivity index (χ4n) is 1.87. The van der Waals surface area contributed by atoms with Crippen molar-refractivity contribution in [3.8, 4) is 0 Å². The molecule has 1 unspecified atom stereocenters. The van der Waals surface area contributed by atoms with Gasteiger partial charge in [0, 0.05) is 17.4 Å². The van der Waals surface area contributed by atoms with Crippen LogP contribution >= 0.6 is 0 Å². The Morgan fingerprint density at radius 1 is 1.19 bits per heavy atom. The topological polar surface area (TPSA) is 98.5 Å². The lowest BCUT2D eigenvalue weighted by Gasteiger charge is -2.37. The van der Waals surface area contributed by atoms with Crippen LogP contribution in [0, 0.1) is 16.2 Å². The van der Waals surface area contributed by atoms with E-state index in [1.54, 1.807) is 27.7 Å². The predicted molar refractivity (Wildman–Crippen MR) is 103 cm³/mol. The third kappa shape index (κ3) is 5.79. The molecule has 0 radical (unpaired) electrons. The number of nitrogens with two attached hydrogens (primary N) is 1. The van der Waals surface area contributed by atoms with Crippen LogP contribution in [0.1, 0.15) is 75.2 Å². The second-order valence-electron chi connectivity index (χ2n) is 9.41. The van der Waals surface area contributed by atoms with Crippen molar-refractivity contribution in [2.24, 2.45) is 22.0 Å². The maximum atomic E-state index is 12.0. The van der Waals surface area contributed by atoms with Gasteiger partial charge in [0.05, 0.1) is 12.0 Å². The Balaban J connectivity index is 0.000000541. The number of aldehydes is 1. The molecule has 1 heterocycles. The lowest BCUT2D eigenvalue weighted by Crippen LogP contribution is -2.57. The summed E-state index contributed by atoms with van der Waals surface area (Å²) in [6.45, 7) is 17.8. The Labute approximate surface area is 158 Å². The monoisotopic (exact) mass is 370 g/mol. The maximum Gasteiger partial charge on any atom is 0.328 e. The molecule has 1 atom stereocenters. The van der Waals surface area contributed by atoms with E-state index in [4.69, 9.17) is 10.5 Å². The van der Waals surface area contributed by atoms with E-state index in [9.17, 15) is 14.4 Å². The highest BCUT2D eigenvalue weighted by molar-refractivity contribution is 5.89. The summed E-state index contributed by atoms with van der Waals surface area (Å²) in [6.07, 6.45) is 2.63. The largest absolute Gasteiger partial charge is 0.464 e. The predicted octanol–water partition coefficient (Wildman–Crippen LogP) is 2.83. The van der Waals surface area contributed by atoms with Crippen molar-refractivity contribution >= 4 is 18.2 Å². The Hall–Kier alpha value is -1.43. The van der Waals surface area contributed by atoms with Crippen LogP contribution in [0.15, 0.2) is 0 Å². The first-order valence-electron chi connectivity index (χ1n) is 9.26. The highest BCUT2D eigenvalue weighted by Gasteiger charge is 2.42. The number of hydrogen-bond donors (Lipinski definition) is 2. The number of nitrogens with one attached hydrogen (secondary N) is 1. The van der Waals surface area contributed by atoms with Crippen molar-refractivity contribution in [3.63, 3.8) is 0 Å². The third-order valence-corrected chi connectivity index (χ3v) is 6.34. The summed E-state index contributed by atoms with van der Waals surface area (Å²) in [5, 5.41) is 2.68. The molecule has 0 aliphatic carbocycles. The molecule has 1 fully saturated rings. The normalized spacial score (nSPS) is 18.5. The van der Waals surface area contributed by atoms with Crippen LogP contribution in [0.3, 0.4) is 0 Å². The zero-order chi connectivity index (χ0) is 21.0. The van der Waals surface area contributed by atoms with Gasteiger partial charge in [0.1, 0.15) is 12.3 Å². The van der Waals surface area contributed by atoms with E-state index in [0.29, 0.717) is 13.0 Å². The molecule has 6 heteroatoms. The fourth-order valence-corrected chi connectivity index (χ4v) is 1.87. The summed E-state index contributed by atoms with van der Waals surface area (Å²) in [6, 6.07) is -0.519. The van der Waals surface area contributed by atoms with Crippen molar-refractivity contribution in [1.29, 1.82) is 0 Å². The molecule has 1 rings (SSSR count). The van der Waals surface area contributed by atoms with Crippen LogP contribution in [0.25, 0.3) is 0 Å². The Kier molecular flexibility index (Phi) is 8.04. The number of hydrogen-bond acceptors (Lipinski definition) is 5. The average molecular weight is 371 g/mol. The molecule has 6 nitrogen and oxygen atoms in total. The van der Waals surface area contributed by atoms with Crippen LogP contribution < -0.4 is 11.1 Å². The quantitative estimate of drug-likeness (QED) is 0.553. The molecule has 1 aliphatic rings. The number of amides is 1. The van der Waals surface area contributed by atoms with E-state index in [2.05, 4.69) is 26.1 Å². The van der Waals surface area contributed by atoms with Crippen LogP contribution in [-0.4, -0.2) is 36.4 Å². The number of rotatable bonds is 6. The molecule has 0 bridgehead atoms. The number of ether oxygens (including phenoxy) is 1. The molecule has 152 valence electrons. The maximum absolute atomic E-state index is 12.0. The SMILES string of the molecule is CC(C)(N)C(C)(C)C(=O)NC1CCOC1=O.CCC(C)(C)C(C)(C)C=O. The van der Waals surface area contributed by atoms with Gasteiger partial charge in [-0.25, -0.2) is 4.79 Å². The average Bonchev–Trinajstić information content (AvgIpc) is 2.91. The summed E-state index contributed by atoms with van der Waals surface area (Å²) in [4.78, 5) is 33.9. The second kappa shape index (κ2) is 8.51. The number of carbonyl (C=O) groups is 3. The summed E-state index contributed by atoms with van der Waals surface area (Å²) in [5.41, 5.74) is 4.48. The van der Waals surface area contributed by atoms with E-state index in [1.807, 2.05) is 13.8 Å². The number of carbonyl (C=O) groups excluding carboxylic acids is 3. The standard InChI is InChI=1S/C11H20N2O3.C9H18O/c1-10(2,11(3,4)12)9(15)13-7-5-6-16-8(7)14;1-6-8(2,3)9(4,5)7-10/h7H,5-6,12H2,1-4H3,(H,13,15);7H,6H2,1-5H3. The van der Waals surface area contributed by atoms with Crippen molar-refractivity contribution < 1.29 is 19.1 Å². The van der Waals surface area contributed by atoms with E-state index in [1.165, 1.54) is 0 Å². The number of cyclic esters (lactones) is 1. The first-order valence-corrected chi connectivity index (χ1v) is 9.26. The third-order valence-electron chi connectivity index (χ3n) is 6.34. The molecule has 1 aliphatic heterocycles. The highest BCUT2D eigenvalue weighted by atomic mass is 16.5. The van der Waals surface area contributed by atoms with Gasteiger partial charge in [-0.1, -0.05) is 41.0 Å². The Morgan fingerprint density at radius 3 is 1.96 bits per heavy atom. The number of esters is 1. The van der Waals surface area contributed by atoms with Gasteiger partial charge in [-0.2, -0.15) is 0 Å². The molecule has 1 amide bonds. The first kappa shape index (κ1) is 24.6. The zero-order valence-corrected chi connectivity index (χ0v) is 18.0. The van der Waals surface area contributed by atoms with Gasteiger partial charge in [-0.3, -0.25) is 4.79 Å². The summed E-state index contributed by atoms with van der Waals surface area (Å²) in [7, 11) is 0. The summed E-state index contributed by atoms with van der Waals surface area (Å²) >= 11 is 0. The van der Waals surface area contributed by atoms with E-state index in [0.717, 1.165) is 12.7 Å². The minimum atomic E-state index is -0.740. The Bertz CT molecular complexity index is 516. The second-order valence-corrected chi connectivity index (χ2v) is 9.41. The first-order chi connectivity index (χ1) is 11.5. The zero-order valence-electron chi connectivity index (χ0n) is 18.0. The van der Waals surface area contributed by atoms with Crippen LogP contribution in [0.4, 0.5) is 0 Å². The van der Waals surface area contributed by atoms with Gasteiger partial charge in [0.25, 0.3) is 0 Å². The molecule has 0 spiro atoms. The van der Waals surface area contributed by atoms with Gasteiger partial charge >= 0.3 is 5.97 Å². The minimum Gasteiger partial charge on any atom is -0.464 e. The van der Waals surface area contributed by atoms with Crippen molar-refractivity contribution in [2.75, 3.05) is 6.61 Å². The highest BCUT2D eigenvalue weighted by Crippen LogP contribution is 2.39. The lowest BCUT2D eigenvalue weighted by atomic mass is 9.67. The van der Waals surface area contributed by atoms with Crippen molar-refractivity contribution in [3.05, 3.63) is 0 Å². The van der Waals surface area contributed by atoms with E-state index < -0.39 is 17.0 Å². The molecule has 0 saturated carbocycles. The molecule has 0 aromatic carbocycles. The van der Waals surface area contributed by atoms with E-state index in [-0.39, 0.29) is 22.7 Å². The van der Waals surface area contributed by atoms with E-state index >= 15 is 0 Å². The molecular formula is C20H38N2O4. The van der Waals surface area contributed by atoms with Crippen molar-refractivity contribution in [2.45, 2.75) is 86.7 Å². The van der Waals surface area contributed by atoms with Gasteiger partial charge in [-0.15, -0.1) is 0 Å². The summed E-state index contributed by atoms with van der Waals surface area (Å²) < 4.78 is 4.78. The Morgan fingerprint density at radius 2 is 1.69 bits per heavy atom. The molecule has 26 heavy (non-hydrogen) atoms. The minimum absolute atomic E-state index is 0.120.